The molecule has 0 spiro atoms. The Labute approximate surface area is 91.9 Å². The van der Waals surface area contributed by atoms with Crippen LogP contribution in [0.2, 0.25) is 0 Å². The van der Waals surface area contributed by atoms with Gasteiger partial charge in [0, 0.05) is 5.70 Å². The second kappa shape index (κ2) is 3.32. The fraction of sp³-hybridized carbons (Fsp3) is 0.100. The van der Waals surface area contributed by atoms with Gasteiger partial charge in [-0.1, -0.05) is 6.07 Å². The average Bonchev–Trinajstić information content (AvgIpc) is 2.16. The second-order valence-corrected chi connectivity index (χ2v) is 5.13. The van der Waals surface area contributed by atoms with E-state index >= 15 is 0 Å². The van der Waals surface area contributed by atoms with E-state index in [-0.39, 0.29) is 11.4 Å². The maximum atomic E-state index is 13.5. The Morgan fingerprint density at radius 3 is 2.75 bits per heavy atom. The van der Waals surface area contributed by atoms with Crippen molar-refractivity contribution in [1.29, 1.82) is 5.26 Å². The third kappa shape index (κ3) is 1.29. The van der Waals surface area contributed by atoms with Crippen LogP contribution in [0.15, 0.2) is 33.7 Å². The molecule has 1 aromatic rings. The van der Waals surface area contributed by atoms with Crippen LogP contribution < -0.4 is 5.32 Å². The highest BCUT2D eigenvalue weighted by Gasteiger charge is 2.33. The maximum Gasteiger partial charge on any atom is 0.223 e. The van der Waals surface area contributed by atoms with E-state index in [2.05, 4.69) is 5.32 Å². The minimum absolute atomic E-state index is 0.163. The van der Waals surface area contributed by atoms with Crippen molar-refractivity contribution in [3.05, 3.63) is 34.6 Å². The molecule has 82 valence electrons. The molecule has 0 aromatic heterocycles. The molecule has 1 aliphatic heterocycles. The molecule has 0 aliphatic carbocycles. The van der Waals surface area contributed by atoms with Gasteiger partial charge >= 0.3 is 0 Å². The molecule has 1 aliphatic rings. The van der Waals surface area contributed by atoms with Crippen LogP contribution in [0.25, 0.3) is 0 Å². The average molecular weight is 238 g/mol. The standard InChI is InChI=1S/C10H7FN2O2S/c1-6-9(5-12)16(14,15)10-7(11)3-2-4-8(10)13-6/h2-4,13H,1H3. The van der Waals surface area contributed by atoms with Gasteiger partial charge in [0.1, 0.15) is 16.8 Å². The Kier molecular flexibility index (Phi) is 2.21. The van der Waals surface area contributed by atoms with Gasteiger partial charge in [-0.3, -0.25) is 0 Å². The number of nitriles is 1. The number of halogens is 1. The Morgan fingerprint density at radius 1 is 1.44 bits per heavy atom. The zero-order valence-electron chi connectivity index (χ0n) is 8.28. The highest BCUT2D eigenvalue weighted by atomic mass is 32.2. The lowest BCUT2D eigenvalue weighted by Crippen LogP contribution is -2.18. The molecule has 0 fully saturated rings. The van der Waals surface area contributed by atoms with Crippen LogP contribution >= 0.6 is 0 Å². The monoisotopic (exact) mass is 238 g/mol. The SMILES string of the molecule is CC1=C(C#N)S(=O)(=O)c2c(F)cccc2N1. The van der Waals surface area contributed by atoms with Crippen LogP contribution in [0, 0.1) is 17.1 Å². The van der Waals surface area contributed by atoms with E-state index < -0.39 is 25.5 Å². The van der Waals surface area contributed by atoms with Gasteiger partial charge in [0.25, 0.3) is 0 Å². The zero-order chi connectivity index (χ0) is 11.9. The number of allylic oxidation sites excluding steroid dienone is 2. The summed E-state index contributed by atoms with van der Waals surface area (Å²) in [5.41, 5.74) is 0.372. The van der Waals surface area contributed by atoms with E-state index in [1.807, 2.05) is 0 Å². The predicted octanol–water partition coefficient (Wildman–Crippen LogP) is 1.78. The fourth-order valence-corrected chi connectivity index (χ4v) is 3.10. The molecule has 0 atom stereocenters. The van der Waals surface area contributed by atoms with Crippen molar-refractivity contribution in [2.24, 2.45) is 0 Å². The summed E-state index contributed by atoms with van der Waals surface area (Å²) in [6, 6.07) is 5.48. The third-order valence-corrected chi connectivity index (χ3v) is 4.16. The largest absolute Gasteiger partial charge is 0.356 e. The van der Waals surface area contributed by atoms with Crippen molar-refractivity contribution in [3.8, 4) is 6.07 Å². The van der Waals surface area contributed by atoms with Crippen LogP contribution in [0.3, 0.4) is 0 Å². The van der Waals surface area contributed by atoms with Crippen LogP contribution in [0.5, 0.6) is 0 Å². The Bertz CT molecular complexity index is 641. The summed E-state index contributed by atoms with van der Waals surface area (Å²) in [4.78, 5) is -0.901. The molecule has 0 amide bonds. The summed E-state index contributed by atoms with van der Waals surface area (Å²) in [5, 5.41) is 11.5. The van der Waals surface area contributed by atoms with Gasteiger partial charge in [-0.15, -0.1) is 0 Å². The summed E-state index contributed by atoms with van der Waals surface area (Å²) in [6.45, 7) is 1.46. The Hall–Kier alpha value is -1.87. The van der Waals surface area contributed by atoms with Gasteiger partial charge in [0.2, 0.25) is 9.84 Å². The highest BCUT2D eigenvalue weighted by molar-refractivity contribution is 7.95. The molecule has 0 bridgehead atoms. The van der Waals surface area contributed by atoms with E-state index in [0.29, 0.717) is 0 Å². The molecule has 16 heavy (non-hydrogen) atoms. The fourth-order valence-electron chi connectivity index (χ4n) is 1.59. The lowest BCUT2D eigenvalue weighted by Gasteiger charge is -2.19. The van der Waals surface area contributed by atoms with E-state index in [0.717, 1.165) is 6.07 Å². The van der Waals surface area contributed by atoms with Gasteiger partial charge in [-0.2, -0.15) is 5.26 Å². The molecule has 1 heterocycles. The van der Waals surface area contributed by atoms with Gasteiger partial charge in [0.05, 0.1) is 5.69 Å². The molecule has 0 saturated carbocycles. The van der Waals surface area contributed by atoms with Crippen molar-refractivity contribution < 1.29 is 12.8 Å². The minimum Gasteiger partial charge on any atom is -0.356 e. The topological polar surface area (TPSA) is 70.0 Å². The van der Waals surface area contributed by atoms with E-state index in [1.54, 1.807) is 6.07 Å². The Balaban J connectivity index is 2.85. The van der Waals surface area contributed by atoms with Crippen molar-refractivity contribution in [2.45, 2.75) is 11.8 Å². The lowest BCUT2D eigenvalue weighted by atomic mass is 10.3. The number of benzene rings is 1. The molecule has 1 N–H and O–H groups in total. The highest BCUT2D eigenvalue weighted by Crippen LogP contribution is 2.35. The maximum absolute atomic E-state index is 13.5. The van der Waals surface area contributed by atoms with E-state index in [9.17, 15) is 12.8 Å². The van der Waals surface area contributed by atoms with Crippen LogP contribution in [0.4, 0.5) is 10.1 Å². The van der Waals surface area contributed by atoms with Gasteiger partial charge in [-0.25, -0.2) is 12.8 Å². The summed E-state index contributed by atoms with van der Waals surface area (Å²) < 4.78 is 37.3. The van der Waals surface area contributed by atoms with Crippen molar-refractivity contribution in [1.82, 2.24) is 0 Å². The molecule has 0 unspecified atom stereocenters. The minimum atomic E-state index is -4.03. The van der Waals surface area contributed by atoms with Crippen LogP contribution in [0.1, 0.15) is 6.92 Å². The molecule has 4 nitrogen and oxygen atoms in total. The molecule has 0 radical (unpaired) electrons. The normalized spacial score (nSPS) is 17.3. The first-order valence-corrected chi connectivity index (χ1v) is 5.88. The van der Waals surface area contributed by atoms with Crippen LogP contribution in [-0.4, -0.2) is 8.42 Å². The summed E-state index contributed by atoms with van der Waals surface area (Å²) in [6.07, 6.45) is 0. The first-order chi connectivity index (χ1) is 7.48. The second-order valence-electron chi connectivity index (χ2n) is 3.31. The summed E-state index contributed by atoms with van der Waals surface area (Å²) in [5.74, 6) is -0.856. The van der Waals surface area contributed by atoms with Crippen LogP contribution in [-0.2, 0) is 9.84 Å². The predicted molar refractivity (Wildman–Crippen MR) is 55.5 cm³/mol. The molecule has 0 saturated heterocycles. The number of anilines is 1. The summed E-state index contributed by atoms with van der Waals surface area (Å²) >= 11 is 0. The van der Waals surface area contributed by atoms with Gasteiger partial charge in [-0.05, 0) is 19.1 Å². The number of fused-ring (bicyclic) bond motifs is 1. The lowest BCUT2D eigenvalue weighted by molar-refractivity contribution is 0.571. The van der Waals surface area contributed by atoms with E-state index in [1.165, 1.54) is 19.1 Å². The van der Waals surface area contributed by atoms with Crippen molar-refractivity contribution >= 4 is 15.5 Å². The molecular formula is C10H7FN2O2S. The van der Waals surface area contributed by atoms with E-state index in [4.69, 9.17) is 5.26 Å². The molecule has 6 heteroatoms. The number of hydrogen-bond donors (Lipinski definition) is 1. The first kappa shape index (κ1) is 10.6. The zero-order valence-corrected chi connectivity index (χ0v) is 9.10. The Morgan fingerprint density at radius 2 is 2.12 bits per heavy atom. The smallest absolute Gasteiger partial charge is 0.223 e. The number of hydrogen-bond acceptors (Lipinski definition) is 4. The molecular weight excluding hydrogens is 231 g/mol. The summed E-state index contributed by atoms with van der Waals surface area (Å²) in [7, 11) is -4.03. The number of nitrogens with zero attached hydrogens (tertiary/aromatic N) is 1. The first-order valence-electron chi connectivity index (χ1n) is 4.40. The number of nitrogens with one attached hydrogen (secondary N) is 1. The van der Waals surface area contributed by atoms with Gasteiger partial charge < -0.3 is 5.32 Å². The molecule has 2 rings (SSSR count). The quantitative estimate of drug-likeness (QED) is 0.748. The van der Waals surface area contributed by atoms with Gasteiger partial charge in [0.15, 0.2) is 4.91 Å². The molecule has 1 aromatic carbocycles. The third-order valence-electron chi connectivity index (χ3n) is 2.27. The van der Waals surface area contributed by atoms with Crippen molar-refractivity contribution in [2.75, 3.05) is 5.32 Å². The van der Waals surface area contributed by atoms with Crippen molar-refractivity contribution in [3.63, 3.8) is 0 Å². The number of sulfone groups is 1. The number of rotatable bonds is 0.